The summed E-state index contributed by atoms with van der Waals surface area (Å²) in [6, 6.07) is 10.7. The average Bonchev–Trinajstić information content (AvgIpc) is 2.33. The zero-order chi connectivity index (χ0) is 19.5. The van der Waals surface area contributed by atoms with E-state index in [4.69, 9.17) is 17.0 Å². The van der Waals surface area contributed by atoms with E-state index in [9.17, 15) is 0 Å². The van der Waals surface area contributed by atoms with Gasteiger partial charge in [0.05, 0.1) is 0 Å². The molecule has 0 aromatic heterocycles. The van der Waals surface area contributed by atoms with Gasteiger partial charge in [0, 0.05) is 4.75 Å². The Balaban J connectivity index is 2.72. The summed E-state index contributed by atoms with van der Waals surface area (Å²) in [7, 11) is 0. The molecule has 0 spiro atoms. The van der Waals surface area contributed by atoms with E-state index in [0.29, 0.717) is 4.38 Å². The summed E-state index contributed by atoms with van der Waals surface area (Å²) in [5.74, 6) is 0. The second-order valence-electron chi connectivity index (χ2n) is 10.1. The molecule has 0 radical (unpaired) electrons. The number of thiocarbonyl (C=S) groups is 1. The Labute approximate surface area is 165 Å². The van der Waals surface area contributed by atoms with Crippen molar-refractivity contribution in [3.63, 3.8) is 0 Å². The fourth-order valence-electron chi connectivity index (χ4n) is 3.88. The van der Waals surface area contributed by atoms with Gasteiger partial charge in [-0.1, -0.05) is 90.6 Å². The van der Waals surface area contributed by atoms with Gasteiger partial charge in [-0.05, 0) is 55.3 Å². The van der Waals surface area contributed by atoms with Crippen molar-refractivity contribution in [2.24, 2.45) is 5.41 Å². The highest BCUT2D eigenvalue weighted by Crippen LogP contribution is 2.41. The SMILES string of the molecule is CC(C)(C)CC(C)(C)OC(=S)SC(C)(C)CC(C)(C)c1ccccc1. The molecule has 0 aliphatic rings. The predicted octanol–water partition coefficient (Wildman–Crippen LogP) is 7.38. The summed E-state index contributed by atoms with van der Waals surface area (Å²) in [6.07, 6.45) is 1.99. The largest absolute Gasteiger partial charge is 0.473 e. The van der Waals surface area contributed by atoms with Crippen molar-refractivity contribution in [3.8, 4) is 0 Å². The summed E-state index contributed by atoms with van der Waals surface area (Å²) >= 11 is 7.27. The van der Waals surface area contributed by atoms with Crippen LogP contribution in [0.3, 0.4) is 0 Å². The van der Waals surface area contributed by atoms with Gasteiger partial charge in [-0.15, -0.1) is 0 Å². The lowest BCUT2D eigenvalue weighted by atomic mass is 9.77. The number of thioether (sulfide) groups is 1. The van der Waals surface area contributed by atoms with E-state index in [0.717, 1.165) is 12.8 Å². The lowest BCUT2D eigenvalue weighted by Crippen LogP contribution is -2.34. The number of hydrogen-bond donors (Lipinski definition) is 0. The molecular weight excluding hydrogens is 344 g/mol. The molecule has 0 atom stereocenters. The highest BCUT2D eigenvalue weighted by atomic mass is 32.2. The lowest BCUT2D eigenvalue weighted by Gasteiger charge is -2.37. The Morgan fingerprint density at radius 1 is 0.880 bits per heavy atom. The zero-order valence-corrected chi connectivity index (χ0v) is 19.2. The molecule has 0 N–H and O–H groups in total. The molecule has 3 heteroatoms. The van der Waals surface area contributed by atoms with Gasteiger partial charge in [-0.3, -0.25) is 0 Å². The maximum Gasteiger partial charge on any atom is 0.221 e. The van der Waals surface area contributed by atoms with Crippen molar-refractivity contribution in [1.29, 1.82) is 0 Å². The van der Waals surface area contributed by atoms with Gasteiger partial charge in [0.15, 0.2) is 0 Å². The average molecular weight is 381 g/mol. The van der Waals surface area contributed by atoms with Crippen molar-refractivity contribution >= 4 is 28.4 Å². The van der Waals surface area contributed by atoms with Crippen molar-refractivity contribution in [3.05, 3.63) is 35.9 Å². The van der Waals surface area contributed by atoms with Crippen LogP contribution in [0.4, 0.5) is 0 Å². The molecule has 0 fully saturated rings. The van der Waals surface area contributed by atoms with Crippen LogP contribution in [0.5, 0.6) is 0 Å². The van der Waals surface area contributed by atoms with Gasteiger partial charge in [0.2, 0.25) is 4.38 Å². The van der Waals surface area contributed by atoms with Crippen molar-refractivity contribution < 1.29 is 4.74 Å². The van der Waals surface area contributed by atoms with Crippen LogP contribution in [0, 0.1) is 5.41 Å². The Bertz CT molecular complexity index is 565. The number of benzene rings is 1. The first kappa shape index (κ1) is 22.5. The molecule has 1 nitrogen and oxygen atoms in total. The molecule has 0 aliphatic carbocycles. The maximum absolute atomic E-state index is 6.16. The highest BCUT2D eigenvalue weighted by molar-refractivity contribution is 8.23. The zero-order valence-electron chi connectivity index (χ0n) is 17.5. The van der Waals surface area contributed by atoms with Crippen LogP contribution in [0.25, 0.3) is 0 Å². The van der Waals surface area contributed by atoms with E-state index in [2.05, 4.69) is 92.6 Å². The fraction of sp³-hybridized carbons (Fsp3) is 0.682. The minimum Gasteiger partial charge on any atom is -0.473 e. The van der Waals surface area contributed by atoms with E-state index in [1.807, 2.05) is 0 Å². The molecule has 1 rings (SSSR count). The topological polar surface area (TPSA) is 9.23 Å². The van der Waals surface area contributed by atoms with Gasteiger partial charge >= 0.3 is 0 Å². The van der Waals surface area contributed by atoms with Gasteiger partial charge in [0.25, 0.3) is 0 Å². The van der Waals surface area contributed by atoms with Crippen LogP contribution < -0.4 is 0 Å². The van der Waals surface area contributed by atoms with E-state index >= 15 is 0 Å². The molecule has 0 bridgehead atoms. The third-order valence-corrected chi connectivity index (χ3v) is 5.38. The van der Waals surface area contributed by atoms with Crippen LogP contribution in [-0.4, -0.2) is 14.7 Å². The number of rotatable bonds is 6. The number of ether oxygens (including phenoxy) is 1. The summed E-state index contributed by atoms with van der Waals surface area (Å²) in [4.78, 5) is 0. The molecule has 1 aromatic rings. The maximum atomic E-state index is 6.16. The Morgan fingerprint density at radius 3 is 1.88 bits per heavy atom. The van der Waals surface area contributed by atoms with Gasteiger partial charge in [-0.25, -0.2) is 0 Å². The van der Waals surface area contributed by atoms with Crippen molar-refractivity contribution in [2.45, 2.75) is 90.9 Å². The normalized spacial score (nSPS) is 13.6. The Kier molecular flexibility index (Phi) is 7.20. The van der Waals surface area contributed by atoms with Crippen LogP contribution in [0.1, 0.15) is 80.7 Å². The van der Waals surface area contributed by atoms with E-state index in [-0.39, 0.29) is 21.2 Å². The summed E-state index contributed by atoms with van der Waals surface area (Å²) < 4.78 is 6.83. The number of hydrogen-bond acceptors (Lipinski definition) is 3. The second-order valence-corrected chi connectivity index (χ2v) is 12.4. The van der Waals surface area contributed by atoms with E-state index < -0.39 is 0 Å². The van der Waals surface area contributed by atoms with Crippen molar-refractivity contribution in [2.75, 3.05) is 0 Å². The standard InChI is InChI=1S/C22H36OS2/c1-19(2,3)15-21(6,7)23-18(24)25-22(8,9)16-20(4,5)17-13-11-10-12-14-17/h10-14H,15-16H2,1-9H3. The predicted molar refractivity (Wildman–Crippen MR) is 118 cm³/mol. The van der Waals surface area contributed by atoms with Gasteiger partial charge < -0.3 is 4.74 Å². The molecule has 0 unspecified atom stereocenters. The molecule has 0 aliphatic heterocycles. The molecule has 0 saturated carbocycles. The quantitative estimate of drug-likeness (QED) is 0.476. The monoisotopic (exact) mass is 380 g/mol. The van der Waals surface area contributed by atoms with Crippen LogP contribution in [0.15, 0.2) is 30.3 Å². The first-order valence-corrected chi connectivity index (χ1v) is 10.3. The first-order chi connectivity index (χ1) is 11.1. The lowest BCUT2D eigenvalue weighted by molar-refractivity contribution is 0.0580. The summed E-state index contributed by atoms with van der Waals surface area (Å²) in [5, 5.41) is 0. The van der Waals surface area contributed by atoms with Crippen molar-refractivity contribution in [1.82, 2.24) is 0 Å². The molecule has 1 aromatic carbocycles. The smallest absolute Gasteiger partial charge is 0.221 e. The molecule has 0 amide bonds. The minimum atomic E-state index is -0.243. The Morgan fingerprint density at radius 2 is 1.40 bits per heavy atom. The second kappa shape index (κ2) is 8.00. The highest BCUT2D eigenvalue weighted by Gasteiger charge is 2.34. The van der Waals surface area contributed by atoms with Crippen LogP contribution >= 0.6 is 24.0 Å². The minimum absolute atomic E-state index is 0.00817. The van der Waals surface area contributed by atoms with E-state index in [1.165, 1.54) is 5.56 Å². The molecule has 25 heavy (non-hydrogen) atoms. The summed E-state index contributed by atoms with van der Waals surface area (Å²) in [5.41, 5.74) is 1.43. The molecular formula is C22H36OS2. The van der Waals surface area contributed by atoms with Gasteiger partial charge in [0.1, 0.15) is 5.60 Å². The van der Waals surface area contributed by atoms with Crippen LogP contribution in [0.2, 0.25) is 0 Å². The van der Waals surface area contributed by atoms with E-state index in [1.54, 1.807) is 11.8 Å². The molecule has 0 heterocycles. The fourth-order valence-corrected chi connectivity index (χ4v) is 5.93. The molecule has 142 valence electrons. The van der Waals surface area contributed by atoms with Gasteiger partial charge in [-0.2, -0.15) is 0 Å². The summed E-state index contributed by atoms with van der Waals surface area (Å²) in [6.45, 7) is 20.1. The molecule has 0 saturated heterocycles. The third kappa shape index (κ3) is 8.59. The third-order valence-electron chi connectivity index (χ3n) is 4.10. The first-order valence-electron chi connectivity index (χ1n) is 9.10. The van der Waals surface area contributed by atoms with Crippen LogP contribution in [-0.2, 0) is 10.2 Å². The Hall–Kier alpha value is -0.540.